The summed E-state index contributed by atoms with van der Waals surface area (Å²) in [4.78, 5) is 15.5. The van der Waals surface area contributed by atoms with E-state index in [-0.39, 0.29) is 0 Å². The Balaban J connectivity index is 2.04. The van der Waals surface area contributed by atoms with Gasteiger partial charge in [0, 0.05) is 17.1 Å². The first-order valence-electron chi connectivity index (χ1n) is 6.36. The van der Waals surface area contributed by atoms with Crippen LogP contribution in [0.3, 0.4) is 0 Å². The number of hydrogen-bond acceptors (Lipinski definition) is 4. The van der Waals surface area contributed by atoms with Gasteiger partial charge in [0.05, 0.1) is 11.2 Å². The fourth-order valence-corrected chi connectivity index (χ4v) is 2.10. The molecule has 0 fully saturated rings. The minimum atomic E-state index is -0.496. The van der Waals surface area contributed by atoms with Crippen LogP contribution < -0.4 is 16.2 Å². The van der Waals surface area contributed by atoms with Gasteiger partial charge in [-0.2, -0.15) is 0 Å². The second-order valence-corrected chi connectivity index (χ2v) is 4.55. The predicted octanol–water partition coefficient (Wildman–Crippen LogP) is 2.71. The number of ether oxygens (including phenoxy) is 1. The quantitative estimate of drug-likeness (QED) is 0.721. The first-order chi connectivity index (χ1) is 10.1. The van der Waals surface area contributed by atoms with Gasteiger partial charge in [-0.05, 0) is 36.4 Å². The SMILES string of the molecule is NC(=O)c1cccc(Oc2ccnc3c(N)cccc23)c1. The van der Waals surface area contributed by atoms with E-state index in [2.05, 4.69) is 4.98 Å². The summed E-state index contributed by atoms with van der Waals surface area (Å²) in [6, 6.07) is 14.0. The Morgan fingerprint density at radius 1 is 1.10 bits per heavy atom. The monoisotopic (exact) mass is 279 g/mol. The van der Waals surface area contributed by atoms with Crippen LogP contribution in [0.1, 0.15) is 10.4 Å². The van der Waals surface area contributed by atoms with E-state index in [0.29, 0.717) is 28.3 Å². The number of nitrogen functional groups attached to an aromatic ring is 1. The maximum absolute atomic E-state index is 11.2. The molecular weight excluding hydrogens is 266 g/mol. The van der Waals surface area contributed by atoms with E-state index >= 15 is 0 Å². The molecule has 1 aromatic heterocycles. The number of hydrogen-bond donors (Lipinski definition) is 2. The van der Waals surface area contributed by atoms with Crippen molar-refractivity contribution in [3.8, 4) is 11.5 Å². The fourth-order valence-electron chi connectivity index (χ4n) is 2.10. The zero-order chi connectivity index (χ0) is 14.8. The van der Waals surface area contributed by atoms with Crippen LogP contribution in [0.2, 0.25) is 0 Å². The number of nitrogens with zero attached hydrogens (tertiary/aromatic N) is 1. The van der Waals surface area contributed by atoms with Crippen molar-refractivity contribution < 1.29 is 9.53 Å². The van der Waals surface area contributed by atoms with Gasteiger partial charge >= 0.3 is 0 Å². The lowest BCUT2D eigenvalue weighted by Gasteiger charge is -2.10. The van der Waals surface area contributed by atoms with Crippen molar-refractivity contribution in [2.24, 2.45) is 5.73 Å². The van der Waals surface area contributed by atoms with E-state index < -0.39 is 5.91 Å². The molecule has 0 aliphatic heterocycles. The van der Waals surface area contributed by atoms with E-state index in [4.69, 9.17) is 16.2 Å². The van der Waals surface area contributed by atoms with Crippen molar-refractivity contribution in [2.45, 2.75) is 0 Å². The number of benzene rings is 2. The van der Waals surface area contributed by atoms with Gasteiger partial charge in [0.2, 0.25) is 5.91 Å². The average Bonchev–Trinajstić information content (AvgIpc) is 2.49. The summed E-state index contributed by atoms with van der Waals surface area (Å²) < 4.78 is 5.83. The number of aromatic nitrogens is 1. The van der Waals surface area contributed by atoms with Gasteiger partial charge in [0.25, 0.3) is 0 Å². The van der Waals surface area contributed by atoms with Gasteiger partial charge < -0.3 is 16.2 Å². The van der Waals surface area contributed by atoms with Gasteiger partial charge in [-0.1, -0.05) is 12.1 Å². The highest BCUT2D eigenvalue weighted by Gasteiger charge is 2.08. The van der Waals surface area contributed by atoms with Crippen LogP contribution in [0, 0.1) is 0 Å². The predicted molar refractivity (Wildman–Crippen MR) is 81.2 cm³/mol. The lowest BCUT2D eigenvalue weighted by atomic mass is 10.1. The van der Waals surface area contributed by atoms with E-state index in [1.807, 2.05) is 12.1 Å². The van der Waals surface area contributed by atoms with Crippen LogP contribution in [-0.4, -0.2) is 10.9 Å². The molecular formula is C16H13N3O2. The maximum atomic E-state index is 11.2. The van der Waals surface area contributed by atoms with Crippen molar-refractivity contribution in [3.05, 3.63) is 60.3 Å². The molecule has 0 saturated carbocycles. The van der Waals surface area contributed by atoms with E-state index in [1.165, 1.54) is 0 Å². The van der Waals surface area contributed by atoms with Gasteiger partial charge in [-0.15, -0.1) is 0 Å². The number of anilines is 1. The van der Waals surface area contributed by atoms with Crippen LogP contribution in [0.25, 0.3) is 10.9 Å². The summed E-state index contributed by atoms with van der Waals surface area (Å²) in [6.45, 7) is 0. The van der Waals surface area contributed by atoms with Crippen LogP contribution in [0.4, 0.5) is 5.69 Å². The first-order valence-corrected chi connectivity index (χ1v) is 6.36. The van der Waals surface area contributed by atoms with Crippen molar-refractivity contribution in [1.29, 1.82) is 0 Å². The lowest BCUT2D eigenvalue weighted by Crippen LogP contribution is -2.10. The summed E-state index contributed by atoms with van der Waals surface area (Å²) in [5.41, 5.74) is 12.8. The summed E-state index contributed by atoms with van der Waals surface area (Å²) in [5, 5.41) is 0.807. The van der Waals surface area contributed by atoms with Crippen molar-refractivity contribution in [2.75, 3.05) is 5.73 Å². The molecule has 3 aromatic rings. The number of rotatable bonds is 3. The van der Waals surface area contributed by atoms with E-state index in [9.17, 15) is 4.79 Å². The maximum Gasteiger partial charge on any atom is 0.248 e. The molecule has 0 atom stereocenters. The van der Waals surface area contributed by atoms with Crippen LogP contribution in [0.15, 0.2) is 54.7 Å². The summed E-state index contributed by atoms with van der Waals surface area (Å²) in [5.74, 6) is 0.652. The summed E-state index contributed by atoms with van der Waals surface area (Å²) >= 11 is 0. The minimum Gasteiger partial charge on any atom is -0.457 e. The Bertz CT molecular complexity index is 831. The Morgan fingerprint density at radius 3 is 2.71 bits per heavy atom. The number of nitrogens with two attached hydrogens (primary N) is 2. The molecule has 5 heteroatoms. The number of amides is 1. The van der Waals surface area contributed by atoms with Gasteiger partial charge in [-0.25, -0.2) is 0 Å². The number of para-hydroxylation sites is 1. The topological polar surface area (TPSA) is 91.2 Å². The Morgan fingerprint density at radius 2 is 1.90 bits per heavy atom. The molecule has 1 heterocycles. The number of primary amides is 1. The standard InChI is InChI=1S/C16H13N3O2/c17-13-6-2-5-12-14(7-8-19-15(12)13)21-11-4-1-3-10(9-11)16(18)20/h1-9H,17H2,(H2,18,20). The molecule has 0 spiro atoms. The third-order valence-electron chi connectivity index (χ3n) is 3.11. The number of fused-ring (bicyclic) bond motifs is 1. The van der Waals surface area contributed by atoms with Crippen molar-refractivity contribution in [1.82, 2.24) is 4.98 Å². The third kappa shape index (κ3) is 2.49. The number of carbonyl (C=O) groups is 1. The molecule has 3 rings (SSSR count). The molecule has 0 saturated heterocycles. The van der Waals surface area contributed by atoms with E-state index in [0.717, 1.165) is 5.39 Å². The average molecular weight is 279 g/mol. The van der Waals surface area contributed by atoms with Crippen LogP contribution >= 0.6 is 0 Å². The lowest BCUT2D eigenvalue weighted by molar-refractivity contribution is 0.1000. The fraction of sp³-hybridized carbons (Fsp3) is 0. The molecule has 0 unspecified atom stereocenters. The molecule has 0 aliphatic carbocycles. The second kappa shape index (κ2) is 5.13. The van der Waals surface area contributed by atoms with Crippen molar-refractivity contribution in [3.63, 3.8) is 0 Å². The van der Waals surface area contributed by atoms with Crippen LogP contribution in [-0.2, 0) is 0 Å². The molecule has 1 amide bonds. The number of carbonyl (C=O) groups excluding carboxylic acids is 1. The second-order valence-electron chi connectivity index (χ2n) is 4.55. The molecule has 0 bridgehead atoms. The minimum absolute atomic E-state index is 0.394. The zero-order valence-corrected chi connectivity index (χ0v) is 11.1. The van der Waals surface area contributed by atoms with Gasteiger partial charge in [0.1, 0.15) is 11.5 Å². The molecule has 2 aromatic carbocycles. The molecule has 0 aliphatic rings. The smallest absolute Gasteiger partial charge is 0.248 e. The van der Waals surface area contributed by atoms with Crippen LogP contribution in [0.5, 0.6) is 11.5 Å². The molecule has 5 nitrogen and oxygen atoms in total. The van der Waals surface area contributed by atoms with Crippen molar-refractivity contribution >= 4 is 22.5 Å². The van der Waals surface area contributed by atoms with E-state index in [1.54, 1.807) is 42.6 Å². The number of pyridine rings is 1. The normalized spacial score (nSPS) is 10.5. The molecule has 21 heavy (non-hydrogen) atoms. The largest absolute Gasteiger partial charge is 0.457 e. The molecule has 0 radical (unpaired) electrons. The van der Waals surface area contributed by atoms with Gasteiger partial charge in [0.15, 0.2) is 0 Å². The van der Waals surface area contributed by atoms with Gasteiger partial charge in [-0.3, -0.25) is 9.78 Å². The summed E-state index contributed by atoms with van der Waals surface area (Å²) in [6.07, 6.45) is 1.63. The Kier molecular flexibility index (Phi) is 3.16. The summed E-state index contributed by atoms with van der Waals surface area (Å²) in [7, 11) is 0. The Labute approximate surface area is 121 Å². The molecule has 4 N–H and O–H groups in total. The zero-order valence-electron chi connectivity index (χ0n) is 11.1. The highest BCUT2D eigenvalue weighted by atomic mass is 16.5. The first kappa shape index (κ1) is 12.9. The highest BCUT2D eigenvalue weighted by Crippen LogP contribution is 2.31. The molecule has 104 valence electrons. The Hall–Kier alpha value is -3.08. The highest BCUT2D eigenvalue weighted by molar-refractivity contribution is 5.94. The third-order valence-corrected chi connectivity index (χ3v) is 3.11.